The van der Waals surface area contributed by atoms with Crippen molar-refractivity contribution < 1.29 is 10.2 Å². The largest absolute Gasteiger partial charge is 0.502 e. The van der Waals surface area contributed by atoms with Gasteiger partial charge in [0.25, 0.3) is 0 Å². The molecule has 0 aliphatic rings. The summed E-state index contributed by atoms with van der Waals surface area (Å²) < 4.78 is 4.86. The zero-order chi connectivity index (χ0) is 5.70. The molecule has 0 aliphatic carbocycles. The van der Waals surface area contributed by atoms with Gasteiger partial charge in [0.05, 0.1) is 12.9 Å². The first-order valence-electron chi connectivity index (χ1n) is 2.50. The Morgan fingerprint density at radius 3 is 2.25 bits per heavy atom. The highest BCUT2D eigenvalue weighted by atomic mass is 16.5. The summed E-state index contributed by atoms with van der Waals surface area (Å²) in [5.41, 5.74) is 0. The van der Waals surface area contributed by atoms with Crippen molar-refractivity contribution in [2.45, 2.75) is 13.8 Å². The van der Waals surface area contributed by atoms with Gasteiger partial charge in [-0.1, -0.05) is 20.4 Å². The lowest BCUT2D eigenvalue weighted by molar-refractivity contribution is 0.212. The molecule has 0 saturated heterocycles. The Hall–Kier alpha value is -0.500. The van der Waals surface area contributed by atoms with Gasteiger partial charge in [-0.3, -0.25) is 0 Å². The van der Waals surface area contributed by atoms with Crippen molar-refractivity contribution in [1.29, 1.82) is 0 Å². The summed E-state index contributed by atoms with van der Waals surface area (Å²) in [7, 11) is 0. The maximum atomic E-state index is 4.86. The minimum atomic E-state index is 0. The summed E-state index contributed by atoms with van der Waals surface area (Å²) in [6.07, 6.45) is 1.47. The first-order chi connectivity index (χ1) is 3.27. The first kappa shape index (κ1) is 10.5. The molecule has 2 nitrogen and oxygen atoms in total. The van der Waals surface area contributed by atoms with Gasteiger partial charge in [0, 0.05) is 0 Å². The Bertz CT molecular complexity index is 50.5. The van der Waals surface area contributed by atoms with Crippen molar-refractivity contribution in [3.63, 3.8) is 0 Å². The van der Waals surface area contributed by atoms with Crippen LogP contribution in [0.1, 0.15) is 13.8 Å². The average Bonchev–Trinajstić information content (AvgIpc) is 1.61. The van der Waals surface area contributed by atoms with E-state index < -0.39 is 0 Å². The van der Waals surface area contributed by atoms with Crippen molar-refractivity contribution in [1.82, 2.24) is 0 Å². The quantitative estimate of drug-likeness (QED) is 0.509. The predicted octanol–water partition coefficient (Wildman–Crippen LogP) is 0.978. The highest BCUT2D eigenvalue weighted by molar-refractivity contribution is 4.49. The Morgan fingerprint density at radius 1 is 1.62 bits per heavy atom. The molecule has 0 atom stereocenters. The summed E-state index contributed by atoms with van der Waals surface area (Å²) in [5, 5.41) is 0. The van der Waals surface area contributed by atoms with Crippen molar-refractivity contribution in [2.75, 3.05) is 6.61 Å². The van der Waals surface area contributed by atoms with Crippen LogP contribution in [-0.4, -0.2) is 12.1 Å². The van der Waals surface area contributed by atoms with Crippen LogP contribution in [0.25, 0.3) is 0 Å². The van der Waals surface area contributed by atoms with Gasteiger partial charge in [0.1, 0.15) is 0 Å². The van der Waals surface area contributed by atoms with Crippen molar-refractivity contribution in [3.8, 4) is 0 Å². The SMILES string of the molecule is C=COCC(C)C.O. The second kappa shape index (κ2) is 6.50. The standard InChI is InChI=1S/C6H12O.H2O/c1-4-7-5-6(2)3;/h4,6H,1,5H2,2-3H3;1H2. The fourth-order valence-electron chi connectivity index (χ4n) is 0.260. The van der Waals surface area contributed by atoms with E-state index in [-0.39, 0.29) is 5.48 Å². The molecular weight excluding hydrogens is 104 g/mol. The molecule has 2 heteroatoms. The average molecular weight is 118 g/mol. The van der Waals surface area contributed by atoms with Crippen LogP contribution in [0.4, 0.5) is 0 Å². The van der Waals surface area contributed by atoms with Gasteiger partial charge < -0.3 is 10.2 Å². The Labute approximate surface area is 50.5 Å². The minimum absolute atomic E-state index is 0. The van der Waals surface area contributed by atoms with Crippen LogP contribution in [0, 0.1) is 5.92 Å². The lowest BCUT2D eigenvalue weighted by atomic mass is 10.2. The van der Waals surface area contributed by atoms with Crippen LogP contribution in [0.15, 0.2) is 12.8 Å². The van der Waals surface area contributed by atoms with E-state index >= 15 is 0 Å². The maximum absolute atomic E-state index is 4.86. The van der Waals surface area contributed by atoms with Gasteiger partial charge in [-0.05, 0) is 5.92 Å². The lowest BCUT2D eigenvalue weighted by Gasteiger charge is -2.00. The molecule has 0 aromatic heterocycles. The molecular formula is C6H14O2. The summed E-state index contributed by atoms with van der Waals surface area (Å²) in [5.74, 6) is 0.609. The van der Waals surface area contributed by atoms with Gasteiger partial charge in [-0.15, -0.1) is 0 Å². The van der Waals surface area contributed by atoms with E-state index in [0.29, 0.717) is 5.92 Å². The Kier molecular flexibility index (Phi) is 8.51. The third kappa shape index (κ3) is 9.09. The van der Waals surface area contributed by atoms with Crippen LogP contribution >= 0.6 is 0 Å². The van der Waals surface area contributed by atoms with Crippen LogP contribution in [0.5, 0.6) is 0 Å². The molecule has 0 amide bonds. The molecule has 0 unspecified atom stereocenters. The third-order valence-corrected chi connectivity index (χ3v) is 0.547. The van der Waals surface area contributed by atoms with Crippen LogP contribution in [0.2, 0.25) is 0 Å². The number of hydrogen-bond donors (Lipinski definition) is 0. The van der Waals surface area contributed by atoms with Gasteiger partial charge in [0.15, 0.2) is 0 Å². The smallest absolute Gasteiger partial charge is 0.0895 e. The summed E-state index contributed by atoms with van der Waals surface area (Å²) >= 11 is 0. The number of hydrogen-bond acceptors (Lipinski definition) is 1. The van der Waals surface area contributed by atoms with Gasteiger partial charge >= 0.3 is 0 Å². The minimum Gasteiger partial charge on any atom is -0.502 e. The van der Waals surface area contributed by atoms with E-state index in [1.165, 1.54) is 6.26 Å². The monoisotopic (exact) mass is 118 g/mol. The highest BCUT2D eigenvalue weighted by Crippen LogP contribution is 1.90. The normalized spacial score (nSPS) is 7.88. The van der Waals surface area contributed by atoms with Gasteiger partial charge in [0.2, 0.25) is 0 Å². The highest BCUT2D eigenvalue weighted by Gasteiger charge is 1.87. The van der Waals surface area contributed by atoms with E-state index in [4.69, 9.17) is 4.74 Å². The maximum Gasteiger partial charge on any atom is 0.0895 e. The van der Waals surface area contributed by atoms with E-state index in [2.05, 4.69) is 20.4 Å². The second-order valence-corrected chi connectivity index (χ2v) is 1.89. The van der Waals surface area contributed by atoms with Crippen LogP contribution in [-0.2, 0) is 4.74 Å². The lowest BCUT2D eigenvalue weighted by Crippen LogP contribution is -1.95. The topological polar surface area (TPSA) is 40.7 Å². The molecule has 0 spiro atoms. The fraction of sp³-hybridized carbons (Fsp3) is 0.667. The molecule has 0 rings (SSSR count). The van der Waals surface area contributed by atoms with E-state index in [9.17, 15) is 0 Å². The van der Waals surface area contributed by atoms with Gasteiger partial charge in [-0.2, -0.15) is 0 Å². The van der Waals surface area contributed by atoms with Crippen LogP contribution < -0.4 is 0 Å². The molecule has 0 heterocycles. The molecule has 50 valence electrons. The Morgan fingerprint density at radius 2 is 2.12 bits per heavy atom. The molecule has 0 bridgehead atoms. The molecule has 0 aliphatic heterocycles. The van der Waals surface area contributed by atoms with E-state index in [1.54, 1.807) is 0 Å². The number of ether oxygens (including phenoxy) is 1. The molecule has 0 aromatic carbocycles. The molecule has 0 saturated carbocycles. The molecule has 8 heavy (non-hydrogen) atoms. The molecule has 2 N–H and O–H groups in total. The van der Waals surface area contributed by atoms with E-state index in [1.807, 2.05) is 0 Å². The number of rotatable bonds is 3. The zero-order valence-corrected chi connectivity index (χ0v) is 5.48. The summed E-state index contributed by atoms with van der Waals surface area (Å²) in [6, 6.07) is 0. The Balaban J connectivity index is 0. The van der Waals surface area contributed by atoms with E-state index in [0.717, 1.165) is 6.61 Å². The third-order valence-electron chi connectivity index (χ3n) is 0.547. The van der Waals surface area contributed by atoms with Crippen molar-refractivity contribution in [3.05, 3.63) is 12.8 Å². The zero-order valence-electron chi connectivity index (χ0n) is 5.48. The molecule has 0 fully saturated rings. The first-order valence-corrected chi connectivity index (χ1v) is 2.50. The van der Waals surface area contributed by atoms with Gasteiger partial charge in [-0.25, -0.2) is 0 Å². The van der Waals surface area contributed by atoms with Crippen molar-refractivity contribution >= 4 is 0 Å². The molecule has 0 radical (unpaired) electrons. The predicted molar refractivity (Wildman–Crippen MR) is 34.6 cm³/mol. The summed E-state index contributed by atoms with van der Waals surface area (Å²) in [4.78, 5) is 0. The fourth-order valence-corrected chi connectivity index (χ4v) is 0.260. The second-order valence-electron chi connectivity index (χ2n) is 1.89. The van der Waals surface area contributed by atoms with Crippen LogP contribution in [0.3, 0.4) is 0 Å². The van der Waals surface area contributed by atoms with Crippen molar-refractivity contribution in [2.24, 2.45) is 5.92 Å². The molecule has 0 aromatic rings. The summed E-state index contributed by atoms with van der Waals surface area (Å²) in [6.45, 7) is 8.39.